The van der Waals surface area contributed by atoms with Crippen molar-refractivity contribution in [2.24, 2.45) is 0 Å². The molecule has 4 aromatic rings. The van der Waals surface area contributed by atoms with Crippen molar-refractivity contribution in [3.05, 3.63) is 106 Å². The van der Waals surface area contributed by atoms with Gasteiger partial charge in [0.25, 0.3) is 11.8 Å². The molecule has 0 unspecified atom stereocenters. The molecule has 0 atom stereocenters. The third kappa shape index (κ3) is 4.48. The third-order valence-electron chi connectivity index (χ3n) is 6.64. The molecule has 4 N–H and O–H groups in total. The number of hydrogen-bond donors (Lipinski definition) is 4. The summed E-state index contributed by atoms with van der Waals surface area (Å²) in [5, 5.41) is 26.1. The van der Waals surface area contributed by atoms with Crippen LogP contribution in [0.1, 0.15) is 62.1 Å². The van der Waals surface area contributed by atoms with Gasteiger partial charge in [-0.25, -0.2) is 19.2 Å². The minimum Gasteiger partial charge on any atom is -0.506 e. The number of phenols is 2. The molecule has 0 saturated carbocycles. The minimum absolute atomic E-state index is 0.0277. The number of phenolic OH excluding ortho intramolecular Hbond substituents is 2. The van der Waals surface area contributed by atoms with Crippen LogP contribution in [0.5, 0.6) is 11.5 Å². The molecule has 42 heavy (non-hydrogen) atoms. The molecule has 0 fully saturated rings. The maximum atomic E-state index is 12.7. The van der Waals surface area contributed by atoms with Crippen molar-refractivity contribution in [2.75, 3.05) is 10.6 Å². The number of hydrogen-bond acceptors (Lipinski definition) is 10. The van der Waals surface area contributed by atoms with Crippen molar-refractivity contribution in [1.82, 2.24) is 0 Å². The lowest BCUT2D eigenvalue weighted by Crippen LogP contribution is -2.13. The zero-order valence-corrected chi connectivity index (χ0v) is 21.1. The number of anilines is 2. The number of carbonyl (C=O) groups is 6. The van der Waals surface area contributed by atoms with Crippen LogP contribution in [0.3, 0.4) is 0 Å². The maximum Gasteiger partial charge on any atom is 0.346 e. The molecule has 0 saturated heterocycles. The molecule has 2 aliphatic heterocycles. The lowest BCUT2D eigenvalue weighted by Gasteiger charge is -2.12. The minimum atomic E-state index is -0.849. The fourth-order valence-corrected chi connectivity index (χ4v) is 4.48. The van der Waals surface area contributed by atoms with Crippen LogP contribution in [-0.2, 0) is 9.47 Å². The summed E-state index contributed by atoms with van der Waals surface area (Å²) in [6.07, 6.45) is 0. The molecular formula is C30H16N2O10. The summed E-state index contributed by atoms with van der Waals surface area (Å²) in [5.41, 5.74) is 1.28. The maximum absolute atomic E-state index is 12.7. The first-order chi connectivity index (χ1) is 20.1. The predicted octanol–water partition coefficient (Wildman–Crippen LogP) is 3.89. The molecule has 0 spiro atoms. The molecular weight excluding hydrogens is 548 g/mol. The van der Waals surface area contributed by atoms with Crippen LogP contribution >= 0.6 is 0 Å². The Balaban J connectivity index is 1.16. The number of cyclic esters (lactones) is 4. The van der Waals surface area contributed by atoms with E-state index >= 15 is 0 Å². The first kappa shape index (κ1) is 26.0. The van der Waals surface area contributed by atoms with Gasteiger partial charge in [0.2, 0.25) is 0 Å². The highest BCUT2D eigenvalue weighted by atomic mass is 16.6. The van der Waals surface area contributed by atoms with Gasteiger partial charge in [-0.2, -0.15) is 0 Å². The van der Waals surface area contributed by atoms with Crippen molar-refractivity contribution in [3.63, 3.8) is 0 Å². The molecule has 2 aliphatic rings. The van der Waals surface area contributed by atoms with Gasteiger partial charge in [-0.05, 0) is 71.8 Å². The average Bonchev–Trinajstić information content (AvgIpc) is 3.43. The molecule has 0 radical (unpaired) electrons. The third-order valence-corrected chi connectivity index (χ3v) is 6.64. The second-order valence-electron chi connectivity index (χ2n) is 9.25. The first-order valence-corrected chi connectivity index (χ1v) is 12.2. The molecule has 6 rings (SSSR count). The van der Waals surface area contributed by atoms with E-state index in [-0.39, 0.29) is 56.3 Å². The van der Waals surface area contributed by atoms with Crippen molar-refractivity contribution in [2.45, 2.75) is 0 Å². The van der Waals surface area contributed by atoms with E-state index in [1.807, 2.05) is 0 Å². The summed E-state index contributed by atoms with van der Waals surface area (Å²) >= 11 is 0. The fraction of sp³-hybridized carbons (Fsp3) is 0. The van der Waals surface area contributed by atoms with Gasteiger partial charge in [-0.15, -0.1) is 0 Å². The van der Waals surface area contributed by atoms with Crippen LogP contribution in [0.25, 0.3) is 11.1 Å². The largest absolute Gasteiger partial charge is 0.506 e. The number of esters is 4. The van der Waals surface area contributed by atoms with E-state index in [9.17, 15) is 39.0 Å². The monoisotopic (exact) mass is 564 g/mol. The van der Waals surface area contributed by atoms with Gasteiger partial charge < -0.3 is 30.3 Å². The number of amides is 2. The Morgan fingerprint density at radius 3 is 1.26 bits per heavy atom. The summed E-state index contributed by atoms with van der Waals surface area (Å²) in [6, 6.07) is 16.5. The van der Waals surface area contributed by atoms with Crippen LogP contribution in [0.2, 0.25) is 0 Å². The van der Waals surface area contributed by atoms with Crippen LogP contribution in [-0.4, -0.2) is 45.9 Å². The number of fused-ring (bicyclic) bond motifs is 2. The topological polar surface area (TPSA) is 185 Å². The predicted molar refractivity (Wildman–Crippen MR) is 143 cm³/mol. The highest BCUT2D eigenvalue weighted by Crippen LogP contribution is 2.35. The molecule has 0 aliphatic carbocycles. The van der Waals surface area contributed by atoms with E-state index < -0.39 is 35.7 Å². The van der Waals surface area contributed by atoms with Gasteiger partial charge in [-0.3, -0.25) is 9.59 Å². The second-order valence-corrected chi connectivity index (χ2v) is 9.25. The van der Waals surface area contributed by atoms with Crippen LogP contribution < -0.4 is 10.6 Å². The molecule has 12 nitrogen and oxygen atoms in total. The lowest BCUT2D eigenvalue weighted by atomic mass is 10.0. The zero-order chi connectivity index (χ0) is 29.7. The van der Waals surface area contributed by atoms with E-state index in [0.29, 0.717) is 11.1 Å². The summed E-state index contributed by atoms with van der Waals surface area (Å²) < 4.78 is 9.04. The quantitative estimate of drug-likeness (QED) is 0.157. The van der Waals surface area contributed by atoms with Crippen LogP contribution in [0.4, 0.5) is 11.4 Å². The van der Waals surface area contributed by atoms with Gasteiger partial charge in [0, 0.05) is 11.1 Å². The van der Waals surface area contributed by atoms with Crippen molar-refractivity contribution in [1.29, 1.82) is 0 Å². The zero-order valence-electron chi connectivity index (χ0n) is 21.1. The smallest absolute Gasteiger partial charge is 0.346 e. The van der Waals surface area contributed by atoms with Crippen molar-refractivity contribution >= 4 is 47.1 Å². The van der Waals surface area contributed by atoms with Crippen LogP contribution in [0.15, 0.2) is 72.8 Å². The van der Waals surface area contributed by atoms with Crippen LogP contribution in [0, 0.1) is 0 Å². The first-order valence-electron chi connectivity index (χ1n) is 12.2. The van der Waals surface area contributed by atoms with E-state index in [1.165, 1.54) is 60.7 Å². The summed E-state index contributed by atoms with van der Waals surface area (Å²) in [5.74, 6) is -5.14. The fourth-order valence-electron chi connectivity index (χ4n) is 4.48. The average molecular weight is 564 g/mol. The second kappa shape index (κ2) is 9.71. The van der Waals surface area contributed by atoms with Gasteiger partial charge in [0.15, 0.2) is 0 Å². The van der Waals surface area contributed by atoms with Gasteiger partial charge in [-0.1, -0.05) is 12.1 Å². The molecule has 206 valence electrons. The van der Waals surface area contributed by atoms with E-state index in [2.05, 4.69) is 20.1 Å². The Kier molecular flexibility index (Phi) is 6.00. The molecule has 2 amide bonds. The Morgan fingerprint density at radius 2 is 0.881 bits per heavy atom. The Morgan fingerprint density at radius 1 is 0.500 bits per heavy atom. The SMILES string of the molecule is O=C(Nc1ccc(-c2ccc(NC(=O)c3ccc4c(c3)C(=O)OC4=O)c(O)c2)cc1O)c1ccc2c(c1)C(=O)OC2=O. The number of benzene rings is 4. The van der Waals surface area contributed by atoms with Gasteiger partial charge >= 0.3 is 23.9 Å². The molecule has 4 aromatic carbocycles. The van der Waals surface area contributed by atoms with Gasteiger partial charge in [0.1, 0.15) is 11.5 Å². The Hall–Kier alpha value is -6.30. The summed E-state index contributed by atoms with van der Waals surface area (Å²) in [7, 11) is 0. The molecule has 2 heterocycles. The Labute approximate surface area is 235 Å². The molecule has 0 aromatic heterocycles. The lowest BCUT2D eigenvalue weighted by molar-refractivity contribution is 0.0425. The molecule has 0 bridgehead atoms. The van der Waals surface area contributed by atoms with E-state index in [4.69, 9.17) is 0 Å². The number of ether oxygens (including phenoxy) is 2. The number of rotatable bonds is 5. The number of aromatic hydroxyl groups is 2. The van der Waals surface area contributed by atoms with Crippen molar-refractivity contribution < 1.29 is 48.5 Å². The summed E-state index contributed by atoms with van der Waals surface area (Å²) in [4.78, 5) is 72.2. The molecule has 12 heteroatoms. The number of nitrogens with one attached hydrogen (secondary N) is 2. The standard InChI is InChI=1S/C30H16N2O10/c33-23-11-13(3-7-21(23)31-25(35)15-1-5-17-19(9-15)29(39)41-27(17)37)14-4-8-22(24(34)12-14)32-26(36)16-2-6-18-20(10-16)30(40)42-28(18)38/h1-12,33-34H,(H,31,35)(H,32,36). The van der Waals surface area contributed by atoms with E-state index in [1.54, 1.807) is 12.1 Å². The normalized spacial score (nSPS) is 13.2. The van der Waals surface area contributed by atoms with Crippen molar-refractivity contribution in [3.8, 4) is 22.6 Å². The number of carbonyl (C=O) groups excluding carboxylic acids is 6. The Bertz CT molecular complexity index is 1790. The van der Waals surface area contributed by atoms with Gasteiger partial charge in [0.05, 0.1) is 33.6 Å². The highest BCUT2D eigenvalue weighted by Gasteiger charge is 2.31. The highest BCUT2D eigenvalue weighted by molar-refractivity contribution is 6.17. The summed E-state index contributed by atoms with van der Waals surface area (Å²) in [6.45, 7) is 0. The van der Waals surface area contributed by atoms with E-state index in [0.717, 1.165) is 0 Å².